The van der Waals surface area contributed by atoms with E-state index in [0.717, 1.165) is 30.7 Å². The number of fused-ring (bicyclic) bond motifs is 1. The molecule has 2 N–H and O–H groups in total. The maximum absolute atomic E-state index is 4.78. The molecule has 2 heterocycles. The van der Waals surface area contributed by atoms with Gasteiger partial charge in [0.2, 0.25) is 0 Å². The van der Waals surface area contributed by atoms with Gasteiger partial charge in [-0.2, -0.15) is 23.5 Å². The average molecular weight is 336 g/mol. The van der Waals surface area contributed by atoms with Crippen LogP contribution in [0.4, 0.5) is 0 Å². The predicted molar refractivity (Wildman–Crippen MR) is 100 cm³/mol. The summed E-state index contributed by atoms with van der Waals surface area (Å²) >= 11 is 4.16. The van der Waals surface area contributed by atoms with Gasteiger partial charge in [0.1, 0.15) is 5.82 Å². The van der Waals surface area contributed by atoms with Gasteiger partial charge in [-0.3, -0.25) is 0 Å². The lowest BCUT2D eigenvalue weighted by Gasteiger charge is -2.14. The Balaban J connectivity index is 1.50. The number of nitrogens with zero attached hydrogens (tertiary/aromatic N) is 1. The number of hydrogen-bond acceptors (Lipinski definition) is 4. The number of imidazole rings is 1. The van der Waals surface area contributed by atoms with Gasteiger partial charge in [-0.25, -0.2) is 4.98 Å². The lowest BCUT2D eigenvalue weighted by molar-refractivity contribution is 0.579. The molecule has 120 valence electrons. The highest BCUT2D eigenvalue weighted by Gasteiger charge is 2.12. The highest BCUT2D eigenvalue weighted by molar-refractivity contribution is 8.03. The third kappa shape index (κ3) is 4.00. The molecule has 0 aliphatic carbocycles. The maximum Gasteiger partial charge on any atom is 0.107 e. The van der Waals surface area contributed by atoms with Crippen LogP contribution in [0.25, 0.3) is 11.0 Å². The Bertz CT molecular complexity index is 616. The van der Waals surface area contributed by atoms with E-state index in [1.807, 2.05) is 0 Å². The van der Waals surface area contributed by atoms with Gasteiger partial charge >= 0.3 is 0 Å². The molecular weight excluding hydrogens is 310 g/mol. The molecule has 0 spiro atoms. The topological polar surface area (TPSA) is 40.7 Å². The highest BCUT2D eigenvalue weighted by atomic mass is 32.2. The lowest BCUT2D eigenvalue weighted by atomic mass is 10.1. The van der Waals surface area contributed by atoms with E-state index in [0.29, 0.717) is 6.04 Å². The molecule has 0 atom stereocenters. The lowest BCUT2D eigenvalue weighted by Crippen LogP contribution is -2.34. The van der Waals surface area contributed by atoms with Crippen LogP contribution in [0.1, 0.15) is 23.4 Å². The highest BCUT2D eigenvalue weighted by Crippen LogP contribution is 2.20. The van der Waals surface area contributed by atoms with Crippen LogP contribution in [-0.2, 0) is 6.42 Å². The van der Waals surface area contributed by atoms with Gasteiger partial charge in [-0.15, -0.1) is 0 Å². The molecule has 3 rings (SSSR count). The minimum Gasteiger partial charge on any atom is -0.342 e. The number of aromatic nitrogens is 2. The fourth-order valence-electron chi connectivity index (χ4n) is 2.78. The maximum atomic E-state index is 4.78. The van der Waals surface area contributed by atoms with Crippen LogP contribution in [0.3, 0.4) is 0 Å². The second kappa shape index (κ2) is 7.75. The molecule has 0 unspecified atom stereocenters. The molecule has 0 bridgehead atoms. The summed E-state index contributed by atoms with van der Waals surface area (Å²) in [5.74, 6) is 6.25. The van der Waals surface area contributed by atoms with Crippen molar-refractivity contribution in [3.05, 3.63) is 29.1 Å². The van der Waals surface area contributed by atoms with E-state index in [1.54, 1.807) is 0 Å². The van der Waals surface area contributed by atoms with E-state index in [-0.39, 0.29) is 0 Å². The van der Waals surface area contributed by atoms with Crippen LogP contribution in [0.5, 0.6) is 0 Å². The summed E-state index contributed by atoms with van der Waals surface area (Å²) in [4.78, 5) is 8.25. The Morgan fingerprint density at radius 1 is 1.23 bits per heavy atom. The molecule has 2 aromatic rings. The summed E-state index contributed by atoms with van der Waals surface area (Å²) in [6.45, 7) is 5.39. The number of rotatable bonds is 5. The standard InChI is InChI=1S/C17H25N3S2/c1-12-5-6-15-17(13(12)2)20-16(19-15)4-3-7-18-14-10-21-8-9-22-11-14/h5-6,14,18H,3-4,7-11H2,1-2H3,(H,19,20). The van der Waals surface area contributed by atoms with Gasteiger partial charge in [0.25, 0.3) is 0 Å². The predicted octanol–water partition coefficient (Wildman–Crippen LogP) is 3.55. The Morgan fingerprint density at radius 3 is 2.77 bits per heavy atom. The monoisotopic (exact) mass is 335 g/mol. The normalized spacial score (nSPS) is 17.0. The number of thioether (sulfide) groups is 2. The van der Waals surface area contributed by atoms with Crippen molar-refractivity contribution in [2.24, 2.45) is 0 Å². The summed E-state index contributed by atoms with van der Waals surface area (Å²) < 4.78 is 0. The van der Waals surface area contributed by atoms with Gasteiger partial charge in [0.15, 0.2) is 0 Å². The zero-order valence-electron chi connectivity index (χ0n) is 13.4. The zero-order valence-corrected chi connectivity index (χ0v) is 15.1. The van der Waals surface area contributed by atoms with Crippen LogP contribution in [0.2, 0.25) is 0 Å². The molecule has 1 saturated heterocycles. The van der Waals surface area contributed by atoms with E-state index in [9.17, 15) is 0 Å². The first-order valence-electron chi connectivity index (χ1n) is 8.07. The minimum absolute atomic E-state index is 0.679. The fraction of sp³-hybridized carbons (Fsp3) is 0.588. The Labute approximate surface area is 141 Å². The molecule has 1 aromatic carbocycles. The summed E-state index contributed by atoms with van der Waals surface area (Å²) in [5, 5.41) is 3.70. The first-order chi connectivity index (χ1) is 10.7. The fourth-order valence-corrected chi connectivity index (χ4v) is 5.25. The van der Waals surface area contributed by atoms with Crippen LogP contribution >= 0.6 is 23.5 Å². The first kappa shape index (κ1) is 16.2. The largest absolute Gasteiger partial charge is 0.342 e. The molecule has 1 fully saturated rings. The molecule has 0 amide bonds. The smallest absolute Gasteiger partial charge is 0.107 e. The van der Waals surface area contributed by atoms with Crippen LogP contribution in [0.15, 0.2) is 12.1 Å². The second-order valence-electron chi connectivity index (χ2n) is 5.99. The summed E-state index contributed by atoms with van der Waals surface area (Å²) in [6, 6.07) is 4.99. The quantitative estimate of drug-likeness (QED) is 0.820. The average Bonchev–Trinajstić information content (AvgIpc) is 2.75. The molecule has 5 heteroatoms. The van der Waals surface area contributed by atoms with Gasteiger partial charge < -0.3 is 10.3 Å². The Hall–Kier alpha value is -0.650. The van der Waals surface area contributed by atoms with Gasteiger partial charge in [-0.05, 0) is 44.0 Å². The first-order valence-corrected chi connectivity index (χ1v) is 10.4. The Morgan fingerprint density at radius 2 is 2.00 bits per heavy atom. The van der Waals surface area contributed by atoms with Crippen LogP contribution in [-0.4, -0.2) is 45.6 Å². The van der Waals surface area contributed by atoms with E-state index in [4.69, 9.17) is 4.98 Å². The second-order valence-corrected chi connectivity index (χ2v) is 8.29. The third-order valence-electron chi connectivity index (χ3n) is 4.26. The van der Waals surface area contributed by atoms with E-state index in [1.165, 1.54) is 39.7 Å². The number of benzene rings is 1. The van der Waals surface area contributed by atoms with E-state index < -0.39 is 0 Å². The van der Waals surface area contributed by atoms with Crippen molar-refractivity contribution in [2.45, 2.75) is 32.7 Å². The Kier molecular flexibility index (Phi) is 5.71. The van der Waals surface area contributed by atoms with Crippen molar-refractivity contribution in [1.82, 2.24) is 15.3 Å². The summed E-state index contributed by atoms with van der Waals surface area (Å²) in [5.41, 5.74) is 4.92. The van der Waals surface area contributed by atoms with E-state index in [2.05, 4.69) is 59.8 Å². The van der Waals surface area contributed by atoms with Gasteiger partial charge in [0.05, 0.1) is 11.0 Å². The van der Waals surface area contributed by atoms with Crippen LogP contribution < -0.4 is 5.32 Å². The van der Waals surface area contributed by atoms with Crippen molar-refractivity contribution in [2.75, 3.05) is 29.6 Å². The minimum atomic E-state index is 0.679. The van der Waals surface area contributed by atoms with Crippen molar-refractivity contribution in [3.8, 4) is 0 Å². The molecular formula is C17H25N3S2. The molecule has 1 aliphatic heterocycles. The number of nitrogens with one attached hydrogen (secondary N) is 2. The van der Waals surface area contributed by atoms with Crippen LogP contribution in [0, 0.1) is 13.8 Å². The molecule has 0 radical (unpaired) electrons. The number of aryl methyl sites for hydroxylation is 3. The van der Waals surface area contributed by atoms with Crippen molar-refractivity contribution in [3.63, 3.8) is 0 Å². The molecule has 22 heavy (non-hydrogen) atoms. The molecule has 3 nitrogen and oxygen atoms in total. The number of aromatic amines is 1. The summed E-state index contributed by atoms with van der Waals surface area (Å²) in [6.07, 6.45) is 2.16. The summed E-state index contributed by atoms with van der Waals surface area (Å²) in [7, 11) is 0. The molecule has 0 saturated carbocycles. The van der Waals surface area contributed by atoms with Gasteiger partial charge in [-0.1, -0.05) is 6.07 Å². The van der Waals surface area contributed by atoms with E-state index >= 15 is 0 Å². The molecule has 1 aliphatic rings. The van der Waals surface area contributed by atoms with Crippen molar-refractivity contribution >= 4 is 34.6 Å². The third-order valence-corrected chi connectivity index (χ3v) is 6.78. The van der Waals surface area contributed by atoms with Crippen molar-refractivity contribution in [1.29, 1.82) is 0 Å². The molecule has 1 aromatic heterocycles. The van der Waals surface area contributed by atoms with Gasteiger partial charge in [0, 0.05) is 35.5 Å². The zero-order chi connectivity index (χ0) is 15.4. The SMILES string of the molecule is Cc1ccc2[nH]c(CCCNC3CSCCSC3)nc2c1C. The number of H-pyrrole nitrogens is 1. The van der Waals surface area contributed by atoms with Crippen molar-refractivity contribution < 1.29 is 0 Å². The number of hydrogen-bond donors (Lipinski definition) is 2.